The van der Waals surface area contributed by atoms with Crippen molar-refractivity contribution in [1.82, 2.24) is 0 Å². The van der Waals surface area contributed by atoms with E-state index in [1.165, 1.54) is 12.8 Å². The van der Waals surface area contributed by atoms with Gasteiger partial charge in [0, 0.05) is 6.04 Å². The summed E-state index contributed by atoms with van der Waals surface area (Å²) in [5.74, 6) is -0.273. The van der Waals surface area contributed by atoms with Gasteiger partial charge in [0.15, 0.2) is 0 Å². The molecule has 0 saturated heterocycles. The maximum Gasteiger partial charge on any atom is 0.310 e. The predicted octanol–water partition coefficient (Wildman–Crippen LogP) is 2.39. The first-order valence-electron chi connectivity index (χ1n) is 6.35. The second-order valence-corrected chi connectivity index (χ2v) is 6.59. The third kappa shape index (κ3) is 1.86. The second-order valence-electron chi connectivity index (χ2n) is 6.59. The smallest absolute Gasteiger partial charge is 0.310 e. The van der Waals surface area contributed by atoms with Crippen LogP contribution in [-0.2, 0) is 4.79 Å². The largest absolute Gasteiger partial charge is 0.481 e. The Hall–Kier alpha value is -0.570. The summed E-state index contributed by atoms with van der Waals surface area (Å²) in [5.41, 5.74) is 5.62. The Morgan fingerprint density at radius 3 is 2.38 bits per heavy atom. The molecular weight excluding hydrogens is 202 g/mol. The van der Waals surface area contributed by atoms with Crippen LogP contribution in [0.4, 0.5) is 0 Å². The van der Waals surface area contributed by atoms with Crippen molar-refractivity contribution < 1.29 is 9.90 Å². The van der Waals surface area contributed by atoms with E-state index in [1.54, 1.807) is 0 Å². The van der Waals surface area contributed by atoms with Crippen LogP contribution in [0.5, 0.6) is 0 Å². The summed E-state index contributed by atoms with van der Waals surface area (Å²) >= 11 is 0. The Balaban J connectivity index is 2.13. The number of nitrogens with two attached hydrogens (primary N) is 1. The third-order valence-electron chi connectivity index (χ3n) is 4.67. The fourth-order valence-corrected chi connectivity index (χ4v) is 3.73. The van der Waals surface area contributed by atoms with Crippen molar-refractivity contribution in [3.8, 4) is 0 Å². The van der Waals surface area contributed by atoms with Gasteiger partial charge in [-0.2, -0.15) is 0 Å². The van der Waals surface area contributed by atoms with Gasteiger partial charge < -0.3 is 10.8 Å². The number of hydrogen-bond donors (Lipinski definition) is 2. The Morgan fingerprint density at radius 1 is 1.31 bits per heavy atom. The van der Waals surface area contributed by atoms with E-state index >= 15 is 0 Å². The minimum atomic E-state index is -0.614. The average Bonchev–Trinajstić information content (AvgIpc) is 2.10. The van der Waals surface area contributed by atoms with Crippen molar-refractivity contribution >= 4 is 5.97 Å². The summed E-state index contributed by atoms with van der Waals surface area (Å²) < 4.78 is 0. The molecule has 2 fully saturated rings. The fraction of sp³-hybridized carbons (Fsp3) is 0.923. The van der Waals surface area contributed by atoms with Crippen molar-refractivity contribution in [1.29, 1.82) is 0 Å². The molecular formula is C13H23NO2. The van der Waals surface area contributed by atoms with Gasteiger partial charge in [-0.05, 0) is 43.4 Å². The number of aliphatic carboxylic acids is 1. The molecule has 1 atom stereocenters. The zero-order chi connectivity index (χ0) is 12.0. The van der Waals surface area contributed by atoms with Crippen LogP contribution in [0.25, 0.3) is 0 Å². The van der Waals surface area contributed by atoms with Crippen LogP contribution in [0.2, 0.25) is 0 Å². The van der Waals surface area contributed by atoms with E-state index in [1.807, 2.05) is 0 Å². The number of carboxylic acids is 1. The van der Waals surface area contributed by atoms with Gasteiger partial charge in [0.05, 0.1) is 5.41 Å². The molecule has 3 heteroatoms. The molecule has 3 nitrogen and oxygen atoms in total. The maximum atomic E-state index is 11.5. The summed E-state index contributed by atoms with van der Waals surface area (Å²) in [7, 11) is 0. The quantitative estimate of drug-likeness (QED) is 0.758. The molecule has 0 bridgehead atoms. The molecule has 0 spiro atoms. The van der Waals surface area contributed by atoms with Gasteiger partial charge >= 0.3 is 5.97 Å². The minimum Gasteiger partial charge on any atom is -0.481 e. The van der Waals surface area contributed by atoms with Gasteiger partial charge in [0.25, 0.3) is 0 Å². The summed E-state index contributed by atoms with van der Waals surface area (Å²) in [6.07, 6.45) is 5.88. The van der Waals surface area contributed by atoms with Crippen LogP contribution in [0.15, 0.2) is 0 Å². The van der Waals surface area contributed by atoms with E-state index in [0.717, 1.165) is 12.8 Å². The number of rotatable bonds is 2. The van der Waals surface area contributed by atoms with Crippen LogP contribution in [-0.4, -0.2) is 17.1 Å². The first-order chi connectivity index (χ1) is 7.36. The second kappa shape index (κ2) is 3.73. The zero-order valence-corrected chi connectivity index (χ0v) is 10.3. The summed E-state index contributed by atoms with van der Waals surface area (Å²) in [6.45, 7) is 4.51. The van der Waals surface area contributed by atoms with Gasteiger partial charge in [-0.3, -0.25) is 4.79 Å². The molecule has 0 aromatic carbocycles. The highest BCUT2D eigenvalue weighted by Crippen LogP contribution is 2.54. The summed E-state index contributed by atoms with van der Waals surface area (Å²) in [4.78, 5) is 11.5. The van der Waals surface area contributed by atoms with Crippen LogP contribution in [0.3, 0.4) is 0 Å². The molecule has 2 saturated carbocycles. The lowest BCUT2D eigenvalue weighted by molar-refractivity contribution is -0.164. The Kier molecular flexibility index (Phi) is 2.77. The zero-order valence-electron chi connectivity index (χ0n) is 10.3. The lowest BCUT2D eigenvalue weighted by atomic mass is 9.53. The molecule has 0 radical (unpaired) electrons. The lowest BCUT2D eigenvalue weighted by Crippen LogP contribution is -2.56. The predicted molar refractivity (Wildman–Crippen MR) is 63.0 cm³/mol. The number of carbonyl (C=O) groups is 1. The van der Waals surface area contributed by atoms with Crippen molar-refractivity contribution in [2.45, 2.75) is 58.4 Å². The highest BCUT2D eigenvalue weighted by molar-refractivity contribution is 5.76. The molecule has 2 aliphatic carbocycles. The lowest BCUT2D eigenvalue weighted by Gasteiger charge is -2.51. The van der Waals surface area contributed by atoms with E-state index < -0.39 is 11.4 Å². The Bertz CT molecular complexity index is 292. The minimum absolute atomic E-state index is 0.112. The van der Waals surface area contributed by atoms with Crippen LogP contribution < -0.4 is 5.73 Å². The molecule has 1 unspecified atom stereocenters. The van der Waals surface area contributed by atoms with E-state index in [4.69, 9.17) is 5.73 Å². The van der Waals surface area contributed by atoms with Crippen molar-refractivity contribution in [2.24, 2.45) is 22.5 Å². The first-order valence-corrected chi connectivity index (χ1v) is 6.35. The van der Waals surface area contributed by atoms with E-state index in [2.05, 4.69) is 13.8 Å². The topological polar surface area (TPSA) is 63.3 Å². The maximum absolute atomic E-state index is 11.5. The van der Waals surface area contributed by atoms with Crippen molar-refractivity contribution in [2.75, 3.05) is 0 Å². The SMILES string of the molecule is CC1(C)CCCC(C2(C(=O)O)CC(N)C2)C1. The third-order valence-corrected chi connectivity index (χ3v) is 4.67. The number of hydrogen-bond acceptors (Lipinski definition) is 2. The standard InChI is InChI=1S/C13H23NO2/c1-12(2)5-3-4-9(6-12)13(11(15)16)7-10(14)8-13/h9-10H,3-8,14H2,1-2H3,(H,15,16). The van der Waals surface area contributed by atoms with Crippen molar-refractivity contribution in [3.05, 3.63) is 0 Å². The van der Waals surface area contributed by atoms with Gasteiger partial charge in [0.1, 0.15) is 0 Å². The molecule has 0 amide bonds. The Labute approximate surface area is 97.4 Å². The molecule has 0 aromatic rings. The summed E-state index contributed by atoms with van der Waals surface area (Å²) in [6, 6.07) is 0.112. The van der Waals surface area contributed by atoms with E-state index in [0.29, 0.717) is 24.2 Å². The highest BCUT2D eigenvalue weighted by atomic mass is 16.4. The molecule has 0 heterocycles. The summed E-state index contributed by atoms with van der Waals surface area (Å²) in [5, 5.41) is 9.47. The molecule has 2 aliphatic rings. The van der Waals surface area contributed by atoms with Crippen LogP contribution >= 0.6 is 0 Å². The molecule has 0 aliphatic heterocycles. The molecule has 92 valence electrons. The van der Waals surface area contributed by atoms with Crippen LogP contribution in [0, 0.1) is 16.7 Å². The average molecular weight is 225 g/mol. The monoisotopic (exact) mass is 225 g/mol. The van der Waals surface area contributed by atoms with Gasteiger partial charge in [-0.1, -0.05) is 20.3 Å². The first kappa shape index (κ1) is 11.9. The van der Waals surface area contributed by atoms with Crippen molar-refractivity contribution in [3.63, 3.8) is 0 Å². The van der Waals surface area contributed by atoms with Gasteiger partial charge in [-0.25, -0.2) is 0 Å². The molecule has 3 N–H and O–H groups in total. The van der Waals surface area contributed by atoms with Crippen LogP contribution in [0.1, 0.15) is 52.4 Å². The van der Waals surface area contributed by atoms with E-state index in [-0.39, 0.29) is 6.04 Å². The highest BCUT2D eigenvalue weighted by Gasteiger charge is 2.55. The van der Waals surface area contributed by atoms with Gasteiger partial charge in [0.2, 0.25) is 0 Å². The fourth-order valence-electron chi connectivity index (χ4n) is 3.73. The molecule has 2 rings (SSSR count). The normalized spacial score (nSPS) is 42.4. The van der Waals surface area contributed by atoms with E-state index in [9.17, 15) is 9.90 Å². The molecule has 16 heavy (non-hydrogen) atoms. The molecule has 0 aromatic heterocycles. The Morgan fingerprint density at radius 2 is 1.94 bits per heavy atom. The van der Waals surface area contributed by atoms with Gasteiger partial charge in [-0.15, -0.1) is 0 Å². The number of carboxylic acid groups (broad SMARTS) is 1.